The molecule has 0 saturated heterocycles. The van der Waals surface area contributed by atoms with Crippen molar-refractivity contribution in [2.75, 3.05) is 20.5 Å². The van der Waals surface area contributed by atoms with Gasteiger partial charge in [-0.15, -0.1) is 0 Å². The molecule has 0 saturated carbocycles. The summed E-state index contributed by atoms with van der Waals surface area (Å²) in [5.74, 6) is -0.412. The van der Waals surface area contributed by atoms with Gasteiger partial charge in [0.1, 0.15) is 18.9 Å². The number of nitrogens with zero attached hydrogens (tertiary/aromatic N) is 2. The molecule has 0 amide bonds. The van der Waals surface area contributed by atoms with Gasteiger partial charge >= 0.3 is 0 Å². The Labute approximate surface area is 238 Å². The molecule has 220 valence electrons. The van der Waals surface area contributed by atoms with Gasteiger partial charge in [0.25, 0.3) is 0 Å². The number of hydrogen-bond acceptors (Lipinski definition) is 7. The molecule has 1 aromatic carbocycles. The third-order valence-corrected chi connectivity index (χ3v) is 6.64. The Morgan fingerprint density at radius 1 is 0.850 bits per heavy atom. The van der Waals surface area contributed by atoms with Crippen LogP contribution in [-0.4, -0.2) is 49.6 Å². The molecular weight excluding hydrogens is 532 g/mol. The van der Waals surface area contributed by atoms with E-state index >= 15 is 0 Å². The Bertz CT molecular complexity index is 1270. The lowest BCUT2D eigenvalue weighted by Gasteiger charge is -2.20. The highest BCUT2D eigenvalue weighted by atomic mass is 32.2. The number of Topliss-reactive ketones (excluding diaryl/α,β-unsaturated/α-hetero) is 2. The molecule has 1 heterocycles. The molecule has 0 unspecified atom stereocenters. The van der Waals surface area contributed by atoms with E-state index in [1.54, 1.807) is 6.92 Å². The molecule has 0 aliphatic heterocycles. The van der Waals surface area contributed by atoms with Gasteiger partial charge in [0.05, 0.1) is 30.9 Å². The summed E-state index contributed by atoms with van der Waals surface area (Å²) >= 11 is 0. The van der Waals surface area contributed by atoms with Gasteiger partial charge in [-0.3, -0.25) is 9.59 Å². The number of aryl methyl sites for hydroxylation is 1. The maximum Gasteiger partial charge on any atom is 0.244 e. The van der Waals surface area contributed by atoms with Gasteiger partial charge in [0.15, 0.2) is 0 Å². The summed E-state index contributed by atoms with van der Waals surface area (Å²) in [6.45, 7) is 3.68. The van der Waals surface area contributed by atoms with E-state index < -0.39 is 10.1 Å². The third-order valence-electron chi connectivity index (χ3n) is 6.64. The molecule has 1 aliphatic rings. The smallest absolute Gasteiger partial charge is 0.244 e. The van der Waals surface area contributed by atoms with Crippen LogP contribution in [0.4, 0.5) is 0 Å². The van der Waals surface area contributed by atoms with E-state index in [0.717, 1.165) is 32.4 Å². The van der Waals surface area contributed by atoms with Crippen molar-refractivity contribution in [2.45, 2.75) is 77.8 Å². The number of allylic oxidation sites excluding steroid dienone is 2. The van der Waals surface area contributed by atoms with Crippen LogP contribution in [-0.2, 0) is 42.3 Å². The molecule has 0 radical (unpaired) electrons. The summed E-state index contributed by atoms with van der Waals surface area (Å²) in [7, 11) is -1.13. The largest absolute Gasteiger partial charge is 0.748 e. The summed E-state index contributed by atoms with van der Waals surface area (Å²) in [5, 5.41) is 0. The monoisotopic (exact) mass is 574 g/mol. The van der Waals surface area contributed by atoms with Crippen molar-refractivity contribution >= 4 is 21.7 Å². The molecule has 10 heteroatoms. The van der Waals surface area contributed by atoms with Crippen LogP contribution in [0.5, 0.6) is 0 Å². The number of hydrogen-bond donors (Lipinski definition) is 0. The molecule has 3 rings (SSSR count). The Hall–Kier alpha value is -3.24. The standard InChI is InChI=1S/C29H39N2O4.CH4O3S/c1-23-25(27(33)29(35-3)28(34-2)26(23)32)17-13-8-6-4-5-7-9-14-18-30-19-20-31(22-30)21-24-15-11-10-12-16-24;1-5(2,3)4/h10-12,15-16,19-20,22H,4-9,13-14,17-18,21H2,1-3H3;1H3,(H,2,3,4)/q+1;/p-1. The van der Waals surface area contributed by atoms with E-state index in [1.165, 1.54) is 51.9 Å². The van der Waals surface area contributed by atoms with Crippen LogP contribution in [0, 0.1) is 0 Å². The molecule has 0 atom stereocenters. The SMILES string of the molecule is COC1=C(OC)C(=O)C(CCCCCCCCCCn2cc[n+](Cc3ccccc3)c2)=C(C)C1=O.CS(=O)(=O)[O-]. The normalized spacial score (nSPS) is 13.8. The lowest BCUT2D eigenvalue weighted by atomic mass is 9.89. The van der Waals surface area contributed by atoms with E-state index in [4.69, 9.17) is 22.4 Å². The Morgan fingerprint density at radius 2 is 1.38 bits per heavy atom. The first-order valence-corrected chi connectivity index (χ1v) is 15.5. The minimum absolute atomic E-state index is 0.0157. The zero-order valence-corrected chi connectivity index (χ0v) is 24.9. The first-order chi connectivity index (χ1) is 19.0. The maximum absolute atomic E-state index is 12.7. The van der Waals surface area contributed by atoms with Crippen molar-refractivity contribution in [2.24, 2.45) is 0 Å². The van der Waals surface area contributed by atoms with Gasteiger partial charge in [-0.05, 0) is 38.2 Å². The highest BCUT2D eigenvalue weighted by molar-refractivity contribution is 7.84. The van der Waals surface area contributed by atoms with Gasteiger partial charge in [-0.1, -0.05) is 62.4 Å². The third kappa shape index (κ3) is 11.5. The van der Waals surface area contributed by atoms with Crippen LogP contribution >= 0.6 is 0 Å². The van der Waals surface area contributed by atoms with Crippen LogP contribution < -0.4 is 4.57 Å². The van der Waals surface area contributed by atoms with Crippen molar-refractivity contribution in [3.63, 3.8) is 0 Å². The predicted molar refractivity (Wildman–Crippen MR) is 151 cm³/mol. The second-order valence-corrected chi connectivity index (χ2v) is 11.3. The van der Waals surface area contributed by atoms with Gasteiger partial charge in [-0.2, -0.15) is 0 Å². The molecular formula is C30H42N2O7S. The Morgan fingerprint density at radius 3 is 1.95 bits per heavy atom. The topological polar surface area (TPSA) is 119 Å². The highest BCUT2D eigenvalue weighted by Crippen LogP contribution is 2.28. The summed E-state index contributed by atoms with van der Waals surface area (Å²) < 4.78 is 42.0. The molecule has 0 spiro atoms. The molecule has 0 N–H and O–H groups in total. The fraction of sp³-hybridized carbons (Fsp3) is 0.500. The van der Waals surface area contributed by atoms with E-state index in [2.05, 4.69) is 52.1 Å². The molecule has 40 heavy (non-hydrogen) atoms. The summed E-state index contributed by atoms with van der Waals surface area (Å²) in [6.07, 6.45) is 17.0. The first-order valence-electron chi connectivity index (χ1n) is 13.7. The average molecular weight is 575 g/mol. The first kappa shape index (κ1) is 33.0. The number of carbonyl (C=O) groups excluding carboxylic acids is 2. The number of aromatic nitrogens is 2. The lowest BCUT2D eigenvalue weighted by Crippen LogP contribution is -2.31. The van der Waals surface area contributed by atoms with Crippen LogP contribution in [0.25, 0.3) is 0 Å². The number of ketones is 2. The minimum Gasteiger partial charge on any atom is -0.748 e. The average Bonchev–Trinajstić information content (AvgIpc) is 3.35. The van der Waals surface area contributed by atoms with Crippen molar-refractivity contribution in [3.05, 3.63) is 77.3 Å². The number of methoxy groups -OCH3 is 2. The summed E-state index contributed by atoms with van der Waals surface area (Å²) in [5.41, 5.74) is 2.38. The zero-order chi connectivity index (χ0) is 29.5. The van der Waals surface area contributed by atoms with E-state index in [1.807, 2.05) is 6.07 Å². The molecule has 9 nitrogen and oxygen atoms in total. The fourth-order valence-electron chi connectivity index (χ4n) is 4.61. The quantitative estimate of drug-likeness (QED) is 0.133. The molecule has 0 fully saturated rings. The molecule has 1 aliphatic carbocycles. The summed E-state index contributed by atoms with van der Waals surface area (Å²) in [4.78, 5) is 25.1. The van der Waals surface area contributed by atoms with Gasteiger partial charge < -0.3 is 14.0 Å². The van der Waals surface area contributed by atoms with Crippen molar-refractivity contribution < 1.29 is 36.6 Å². The fourth-order valence-corrected chi connectivity index (χ4v) is 4.61. The number of imidazole rings is 1. The second kappa shape index (κ2) is 16.8. The van der Waals surface area contributed by atoms with Crippen molar-refractivity contribution in [3.8, 4) is 0 Å². The van der Waals surface area contributed by atoms with Gasteiger partial charge in [0.2, 0.25) is 29.4 Å². The summed E-state index contributed by atoms with van der Waals surface area (Å²) in [6, 6.07) is 10.5. The number of carbonyl (C=O) groups is 2. The van der Waals surface area contributed by atoms with Crippen LogP contribution in [0.1, 0.15) is 70.3 Å². The number of unbranched alkanes of at least 4 members (excludes halogenated alkanes) is 7. The van der Waals surface area contributed by atoms with Crippen LogP contribution in [0.3, 0.4) is 0 Å². The van der Waals surface area contributed by atoms with Crippen LogP contribution in [0.15, 0.2) is 71.7 Å². The second-order valence-electron chi connectivity index (χ2n) is 9.92. The van der Waals surface area contributed by atoms with E-state index in [9.17, 15) is 9.59 Å². The Balaban J connectivity index is 0.00000103. The van der Waals surface area contributed by atoms with Gasteiger partial charge in [-0.25, -0.2) is 17.6 Å². The number of ether oxygens (including phenoxy) is 2. The zero-order valence-electron chi connectivity index (χ0n) is 24.1. The van der Waals surface area contributed by atoms with Crippen LogP contribution in [0.2, 0.25) is 0 Å². The molecule has 0 bridgehead atoms. The molecule has 2 aromatic rings. The van der Waals surface area contributed by atoms with Crippen molar-refractivity contribution in [1.82, 2.24) is 4.57 Å². The Kier molecular flexibility index (Phi) is 13.8. The number of benzene rings is 1. The number of rotatable bonds is 15. The lowest BCUT2D eigenvalue weighted by molar-refractivity contribution is -0.687. The van der Waals surface area contributed by atoms with E-state index in [-0.39, 0.29) is 23.1 Å². The maximum atomic E-state index is 12.7. The van der Waals surface area contributed by atoms with Gasteiger partial charge in [0, 0.05) is 17.4 Å². The molecule has 1 aromatic heterocycles. The van der Waals surface area contributed by atoms with E-state index in [0.29, 0.717) is 23.8 Å². The predicted octanol–water partition coefficient (Wildman–Crippen LogP) is 4.47. The minimum atomic E-state index is -3.92. The van der Waals surface area contributed by atoms with Crippen molar-refractivity contribution in [1.29, 1.82) is 0 Å². The highest BCUT2D eigenvalue weighted by Gasteiger charge is 2.34.